The molecule has 1 heterocycles. The Balaban J connectivity index is 1.77. The first kappa shape index (κ1) is 11.9. The van der Waals surface area contributed by atoms with Gasteiger partial charge >= 0.3 is 0 Å². The van der Waals surface area contributed by atoms with Gasteiger partial charge in [-0.2, -0.15) is 0 Å². The molecule has 2 saturated carbocycles. The van der Waals surface area contributed by atoms with Crippen molar-refractivity contribution in [3.8, 4) is 11.4 Å². The lowest BCUT2D eigenvalue weighted by molar-refractivity contribution is 0.357. The number of nitrogens with zero attached hydrogens (tertiary/aromatic N) is 4. The molecule has 0 unspecified atom stereocenters. The number of hydrogen-bond donors (Lipinski definition) is 1. The fourth-order valence-electron chi connectivity index (χ4n) is 3.19. The van der Waals surface area contributed by atoms with Gasteiger partial charge in [-0.25, -0.2) is 4.68 Å². The predicted octanol–water partition coefficient (Wildman–Crippen LogP) is 2.59. The second kappa shape index (κ2) is 4.30. The summed E-state index contributed by atoms with van der Waals surface area (Å²) in [6.07, 6.45) is 5.26. The maximum Gasteiger partial charge on any atom is 0.182 e. The maximum atomic E-state index is 5.96. The topological polar surface area (TPSA) is 69.6 Å². The minimum Gasteiger partial charge on any atom is -0.399 e. The van der Waals surface area contributed by atoms with Gasteiger partial charge in [0.1, 0.15) is 0 Å². The molecule has 104 valence electrons. The Morgan fingerprint density at radius 2 is 1.85 bits per heavy atom. The molecule has 2 N–H and O–H groups in total. The second-order valence-electron chi connectivity index (χ2n) is 6.24. The zero-order chi connectivity index (χ0) is 13.7. The van der Waals surface area contributed by atoms with Gasteiger partial charge in [0.2, 0.25) is 0 Å². The number of nitrogen functional groups attached to an aromatic ring is 1. The molecule has 2 aliphatic rings. The fraction of sp³-hybridized carbons (Fsp3) is 0.533. The van der Waals surface area contributed by atoms with E-state index in [1.54, 1.807) is 0 Å². The first-order valence-electron chi connectivity index (χ1n) is 7.38. The third-order valence-corrected chi connectivity index (χ3v) is 4.34. The summed E-state index contributed by atoms with van der Waals surface area (Å²) in [4.78, 5) is 0. The number of hydrogen-bond acceptors (Lipinski definition) is 4. The molecule has 0 spiro atoms. The molecular formula is C15H19N5. The van der Waals surface area contributed by atoms with Crippen LogP contribution in [0, 0.1) is 18.8 Å². The third-order valence-electron chi connectivity index (χ3n) is 4.34. The number of nitrogens with two attached hydrogens (primary N) is 1. The summed E-state index contributed by atoms with van der Waals surface area (Å²) in [6, 6.07) is 6.53. The van der Waals surface area contributed by atoms with E-state index in [-0.39, 0.29) is 0 Å². The summed E-state index contributed by atoms with van der Waals surface area (Å²) in [7, 11) is 0. The van der Waals surface area contributed by atoms with E-state index >= 15 is 0 Å². The molecule has 2 aromatic rings. The van der Waals surface area contributed by atoms with Crippen LogP contribution < -0.4 is 5.73 Å². The lowest BCUT2D eigenvalue weighted by Crippen LogP contribution is -2.16. The molecule has 0 bridgehead atoms. The van der Waals surface area contributed by atoms with Gasteiger partial charge in [-0.1, -0.05) is 0 Å². The molecule has 4 rings (SSSR count). The van der Waals surface area contributed by atoms with Crippen LogP contribution in [0.2, 0.25) is 0 Å². The van der Waals surface area contributed by atoms with Crippen LogP contribution in [0.25, 0.3) is 11.4 Å². The molecule has 0 saturated heterocycles. The maximum absolute atomic E-state index is 5.96. The van der Waals surface area contributed by atoms with Crippen LogP contribution in [0.5, 0.6) is 0 Å². The lowest BCUT2D eigenvalue weighted by atomic mass is 10.1. The number of aromatic nitrogens is 4. The average molecular weight is 269 g/mol. The van der Waals surface area contributed by atoms with E-state index in [2.05, 4.69) is 26.3 Å². The Labute approximate surface area is 118 Å². The van der Waals surface area contributed by atoms with Crippen LogP contribution in [0.4, 0.5) is 5.69 Å². The average Bonchev–Trinajstić information content (AvgIpc) is 3.29. The Morgan fingerprint density at radius 1 is 1.15 bits per heavy atom. The Morgan fingerprint density at radius 3 is 2.45 bits per heavy atom. The fourth-order valence-corrected chi connectivity index (χ4v) is 3.19. The van der Waals surface area contributed by atoms with E-state index in [0.717, 1.165) is 34.5 Å². The van der Waals surface area contributed by atoms with Crippen molar-refractivity contribution in [2.24, 2.45) is 11.8 Å². The van der Waals surface area contributed by atoms with E-state index in [0.29, 0.717) is 6.04 Å². The smallest absolute Gasteiger partial charge is 0.182 e. The highest BCUT2D eigenvalue weighted by Gasteiger charge is 2.44. The molecule has 2 fully saturated rings. The third kappa shape index (κ3) is 2.07. The highest BCUT2D eigenvalue weighted by atomic mass is 15.6. The van der Waals surface area contributed by atoms with Gasteiger partial charge in [-0.05, 0) is 78.6 Å². The molecular weight excluding hydrogens is 250 g/mol. The van der Waals surface area contributed by atoms with Crippen LogP contribution in [0.3, 0.4) is 0 Å². The standard InChI is InChI=1S/C15H19N5/c1-9-6-12(8-13(16)7-9)15-17-18-19-20(15)14(10-2-3-10)11-4-5-11/h6-8,10-11,14H,2-5,16H2,1H3. The van der Waals surface area contributed by atoms with E-state index in [4.69, 9.17) is 5.73 Å². The molecule has 0 atom stereocenters. The quantitative estimate of drug-likeness (QED) is 0.866. The Kier molecular flexibility index (Phi) is 2.55. The zero-order valence-corrected chi connectivity index (χ0v) is 11.7. The summed E-state index contributed by atoms with van der Waals surface area (Å²) in [5.41, 5.74) is 8.89. The van der Waals surface area contributed by atoms with Crippen molar-refractivity contribution in [3.05, 3.63) is 23.8 Å². The highest BCUT2D eigenvalue weighted by Crippen LogP contribution is 2.52. The summed E-state index contributed by atoms with van der Waals surface area (Å²) in [5.74, 6) is 2.41. The van der Waals surface area contributed by atoms with Crippen LogP contribution in [-0.2, 0) is 0 Å². The zero-order valence-electron chi connectivity index (χ0n) is 11.7. The van der Waals surface area contributed by atoms with Crippen molar-refractivity contribution >= 4 is 5.69 Å². The molecule has 1 aromatic carbocycles. The SMILES string of the molecule is Cc1cc(N)cc(-c2nnnn2C(C2CC2)C2CC2)c1. The van der Waals surface area contributed by atoms with Gasteiger partial charge in [0.15, 0.2) is 5.82 Å². The molecule has 2 aliphatic carbocycles. The second-order valence-corrected chi connectivity index (χ2v) is 6.24. The summed E-state index contributed by atoms with van der Waals surface area (Å²) >= 11 is 0. The van der Waals surface area contributed by atoms with E-state index < -0.39 is 0 Å². The van der Waals surface area contributed by atoms with E-state index in [1.807, 2.05) is 19.1 Å². The molecule has 20 heavy (non-hydrogen) atoms. The number of rotatable bonds is 4. The number of anilines is 1. The lowest BCUT2D eigenvalue weighted by Gasteiger charge is -2.17. The van der Waals surface area contributed by atoms with Crippen molar-refractivity contribution in [1.82, 2.24) is 20.2 Å². The minimum absolute atomic E-state index is 0.488. The first-order chi connectivity index (χ1) is 9.72. The number of tetrazole rings is 1. The molecule has 0 radical (unpaired) electrons. The van der Waals surface area contributed by atoms with Crippen molar-refractivity contribution in [2.45, 2.75) is 38.6 Å². The van der Waals surface area contributed by atoms with Crippen LogP contribution in [0.1, 0.15) is 37.3 Å². The Bertz CT molecular complexity index is 607. The minimum atomic E-state index is 0.488. The largest absolute Gasteiger partial charge is 0.399 e. The monoisotopic (exact) mass is 269 g/mol. The summed E-state index contributed by atoms with van der Waals surface area (Å²) < 4.78 is 2.06. The highest BCUT2D eigenvalue weighted by molar-refractivity contribution is 5.62. The van der Waals surface area contributed by atoms with Gasteiger partial charge in [0, 0.05) is 11.3 Å². The van der Waals surface area contributed by atoms with Crippen molar-refractivity contribution in [3.63, 3.8) is 0 Å². The Hall–Kier alpha value is -1.91. The van der Waals surface area contributed by atoms with Gasteiger partial charge in [-0.15, -0.1) is 5.10 Å². The predicted molar refractivity (Wildman–Crippen MR) is 76.9 cm³/mol. The van der Waals surface area contributed by atoms with Crippen molar-refractivity contribution in [1.29, 1.82) is 0 Å². The van der Waals surface area contributed by atoms with Gasteiger partial charge in [0.05, 0.1) is 6.04 Å². The van der Waals surface area contributed by atoms with E-state index in [1.165, 1.54) is 25.7 Å². The summed E-state index contributed by atoms with van der Waals surface area (Å²) in [6.45, 7) is 2.05. The van der Waals surface area contributed by atoms with Gasteiger partial charge < -0.3 is 5.73 Å². The number of benzene rings is 1. The van der Waals surface area contributed by atoms with Crippen LogP contribution in [-0.4, -0.2) is 20.2 Å². The number of aryl methyl sites for hydroxylation is 1. The van der Waals surface area contributed by atoms with Crippen LogP contribution in [0.15, 0.2) is 18.2 Å². The molecule has 1 aromatic heterocycles. The molecule has 0 amide bonds. The van der Waals surface area contributed by atoms with Crippen molar-refractivity contribution in [2.75, 3.05) is 5.73 Å². The molecule has 0 aliphatic heterocycles. The normalized spacial score (nSPS) is 18.7. The first-order valence-corrected chi connectivity index (χ1v) is 7.38. The van der Waals surface area contributed by atoms with Crippen LogP contribution >= 0.6 is 0 Å². The van der Waals surface area contributed by atoms with Gasteiger partial charge in [-0.3, -0.25) is 0 Å². The van der Waals surface area contributed by atoms with Gasteiger partial charge in [0.25, 0.3) is 0 Å². The molecule has 5 heteroatoms. The molecule has 5 nitrogen and oxygen atoms in total. The van der Waals surface area contributed by atoms with E-state index in [9.17, 15) is 0 Å². The summed E-state index contributed by atoms with van der Waals surface area (Å²) in [5, 5.41) is 12.5. The van der Waals surface area contributed by atoms with Crippen molar-refractivity contribution < 1.29 is 0 Å².